The largest absolute Gasteiger partial charge is 0.417 e. The number of fused-ring (bicyclic) bond motifs is 5. The zero-order valence-electron chi connectivity index (χ0n) is 17.6. The molecule has 4 saturated carbocycles. The molecule has 164 valence electrons. The first-order valence-corrected chi connectivity index (χ1v) is 11.5. The van der Waals surface area contributed by atoms with Crippen LogP contribution in [0.3, 0.4) is 0 Å². The molecule has 4 fully saturated rings. The first-order valence-electron chi connectivity index (χ1n) is 11.5. The molecule has 4 rings (SSSR count). The predicted octanol–water partition coefficient (Wildman–Crippen LogP) is 5.32. The summed E-state index contributed by atoms with van der Waals surface area (Å²) in [7, 11) is 0. The molecule has 0 radical (unpaired) electrons. The molecule has 0 heterocycles. The minimum absolute atomic E-state index is 0.0137. The summed E-state index contributed by atoms with van der Waals surface area (Å²) in [4.78, 5) is 0. The molecule has 4 aliphatic carbocycles. The number of rotatable bonds is 2. The molecule has 0 saturated heterocycles. The van der Waals surface area contributed by atoms with Crippen LogP contribution in [0, 0.1) is 52.8 Å². The smallest absolute Gasteiger partial charge is 0.380 e. The molecule has 0 unspecified atom stereocenters. The summed E-state index contributed by atoms with van der Waals surface area (Å²) in [6.45, 7) is 4.16. The van der Waals surface area contributed by atoms with Crippen molar-refractivity contribution in [3.63, 3.8) is 0 Å². The zero-order valence-corrected chi connectivity index (χ0v) is 17.6. The van der Waals surface area contributed by atoms with Crippen LogP contribution in [0.25, 0.3) is 0 Å². The van der Waals surface area contributed by atoms with E-state index < -0.39 is 17.9 Å². The van der Waals surface area contributed by atoms with Crippen LogP contribution in [0.15, 0.2) is 0 Å². The Hall–Kier alpha value is -0.730. The second kappa shape index (κ2) is 7.45. The van der Waals surface area contributed by atoms with Gasteiger partial charge in [0, 0.05) is 0 Å². The van der Waals surface area contributed by atoms with Gasteiger partial charge in [0.2, 0.25) is 0 Å². The van der Waals surface area contributed by atoms with Crippen LogP contribution in [0.5, 0.6) is 0 Å². The van der Waals surface area contributed by atoms with Gasteiger partial charge in [0.1, 0.15) is 6.10 Å². The van der Waals surface area contributed by atoms with Gasteiger partial charge in [0.25, 0.3) is 0 Å². The van der Waals surface area contributed by atoms with Crippen LogP contribution >= 0.6 is 0 Å². The van der Waals surface area contributed by atoms with E-state index in [2.05, 4.69) is 18.8 Å². The average molecular weight is 413 g/mol. The minimum atomic E-state index is -4.51. The number of halogens is 3. The number of hydrogen-bond donors (Lipinski definition) is 2. The van der Waals surface area contributed by atoms with Crippen molar-refractivity contribution in [2.24, 2.45) is 40.9 Å². The van der Waals surface area contributed by atoms with E-state index in [1.807, 2.05) is 0 Å². The number of hydrogen-bond acceptors (Lipinski definition) is 2. The van der Waals surface area contributed by atoms with Crippen molar-refractivity contribution in [2.45, 2.75) is 95.9 Å². The van der Waals surface area contributed by atoms with Gasteiger partial charge in [-0.25, -0.2) is 0 Å². The van der Waals surface area contributed by atoms with Gasteiger partial charge in [-0.15, -0.1) is 5.92 Å². The molecule has 0 aromatic heterocycles. The summed E-state index contributed by atoms with van der Waals surface area (Å²) < 4.78 is 40.1. The quantitative estimate of drug-likeness (QED) is 0.603. The molecule has 0 amide bonds. The minimum Gasteiger partial charge on any atom is -0.380 e. The third-order valence-corrected chi connectivity index (χ3v) is 9.55. The van der Waals surface area contributed by atoms with Crippen molar-refractivity contribution in [1.29, 1.82) is 0 Å². The summed E-state index contributed by atoms with van der Waals surface area (Å²) in [6.07, 6.45) is 2.31. The predicted molar refractivity (Wildman–Crippen MR) is 106 cm³/mol. The maximum atomic E-state index is 13.4. The van der Waals surface area contributed by atoms with E-state index in [4.69, 9.17) is 0 Å². The fourth-order valence-corrected chi connectivity index (χ4v) is 8.13. The number of aliphatic hydroxyl groups is 2. The Bertz CT molecular complexity index is 680. The molecule has 29 heavy (non-hydrogen) atoms. The highest BCUT2D eigenvalue weighted by molar-refractivity contribution is 5.10. The third kappa shape index (κ3) is 3.53. The molecule has 4 aliphatic rings. The van der Waals surface area contributed by atoms with Crippen molar-refractivity contribution in [2.75, 3.05) is 0 Å². The van der Waals surface area contributed by atoms with Crippen LogP contribution in [0.2, 0.25) is 0 Å². The molecular weight excluding hydrogens is 377 g/mol. The van der Waals surface area contributed by atoms with Crippen molar-refractivity contribution >= 4 is 0 Å². The summed E-state index contributed by atoms with van der Waals surface area (Å²) in [5.74, 6) is 8.30. The molecule has 0 spiro atoms. The van der Waals surface area contributed by atoms with Crippen LogP contribution in [0.1, 0.15) is 78.1 Å². The monoisotopic (exact) mass is 412 g/mol. The Balaban J connectivity index is 1.47. The molecule has 9 atom stereocenters. The summed E-state index contributed by atoms with van der Waals surface area (Å²) in [5.41, 5.74) is -2.25. The highest BCUT2D eigenvalue weighted by Gasteiger charge is 2.61. The standard InChI is InChI=1S/C24H35F3O2/c1-3-4-17(28)13-16-6-8-21-20-7-5-15-14-23(29,24(25,26)27)12-10-18(15)19(20)9-11-22(16,21)2/h15-21,28-29H,5-14H2,1-2H3/t15-,16-,17-,18+,19-,20-,21+,22-,23-/m1/s1. The van der Waals surface area contributed by atoms with Gasteiger partial charge >= 0.3 is 6.18 Å². The van der Waals surface area contributed by atoms with Crippen LogP contribution in [-0.4, -0.2) is 28.1 Å². The van der Waals surface area contributed by atoms with Crippen LogP contribution < -0.4 is 0 Å². The van der Waals surface area contributed by atoms with Gasteiger partial charge in [-0.05, 0) is 112 Å². The SMILES string of the molecule is CC#C[C@@H](O)C[C@H]1CC[C@H]2[C@@H]3CC[C@@H]4C[C@@](O)(C(F)(F)F)CC[C@@H]4[C@H]3CC[C@]12C. The lowest BCUT2D eigenvalue weighted by molar-refractivity contribution is -0.282. The number of alkyl halides is 3. The van der Waals surface area contributed by atoms with Gasteiger partial charge in [0.15, 0.2) is 5.60 Å². The zero-order chi connectivity index (χ0) is 21.0. The topological polar surface area (TPSA) is 40.5 Å². The lowest BCUT2D eigenvalue weighted by atomic mass is 9.49. The Morgan fingerprint density at radius 1 is 1.00 bits per heavy atom. The first-order chi connectivity index (χ1) is 13.6. The van der Waals surface area contributed by atoms with Gasteiger partial charge in [-0.3, -0.25) is 0 Å². The molecule has 2 nitrogen and oxygen atoms in total. The van der Waals surface area contributed by atoms with E-state index in [0.717, 1.165) is 38.5 Å². The molecular formula is C24H35F3O2. The fourth-order valence-electron chi connectivity index (χ4n) is 8.13. The average Bonchev–Trinajstić information content (AvgIpc) is 2.97. The fraction of sp³-hybridized carbons (Fsp3) is 0.917. The highest BCUT2D eigenvalue weighted by Crippen LogP contribution is 2.65. The molecule has 5 heteroatoms. The third-order valence-electron chi connectivity index (χ3n) is 9.55. The molecule has 0 aromatic rings. The van der Waals surface area contributed by atoms with Crippen molar-refractivity contribution < 1.29 is 23.4 Å². The lowest BCUT2D eigenvalue weighted by Gasteiger charge is -2.57. The van der Waals surface area contributed by atoms with E-state index in [-0.39, 0.29) is 24.2 Å². The van der Waals surface area contributed by atoms with E-state index in [1.165, 1.54) is 6.42 Å². The Kier molecular flexibility index (Phi) is 5.52. The van der Waals surface area contributed by atoms with E-state index in [1.54, 1.807) is 6.92 Å². The second-order valence-corrected chi connectivity index (χ2v) is 10.7. The van der Waals surface area contributed by atoms with Crippen molar-refractivity contribution in [1.82, 2.24) is 0 Å². The Morgan fingerprint density at radius 3 is 2.41 bits per heavy atom. The van der Waals surface area contributed by atoms with E-state index in [0.29, 0.717) is 36.0 Å². The van der Waals surface area contributed by atoms with Gasteiger partial charge in [-0.1, -0.05) is 12.8 Å². The van der Waals surface area contributed by atoms with Crippen LogP contribution in [-0.2, 0) is 0 Å². The maximum absolute atomic E-state index is 13.4. The summed E-state index contributed by atoms with van der Waals surface area (Å²) in [6, 6.07) is 0. The normalized spacial score (nSPS) is 48.0. The molecule has 0 bridgehead atoms. The van der Waals surface area contributed by atoms with Gasteiger partial charge in [-0.2, -0.15) is 13.2 Å². The lowest BCUT2D eigenvalue weighted by Crippen LogP contribution is -2.55. The maximum Gasteiger partial charge on any atom is 0.417 e. The molecule has 2 N–H and O–H groups in total. The first kappa shape index (κ1) is 21.5. The van der Waals surface area contributed by atoms with Crippen LogP contribution in [0.4, 0.5) is 13.2 Å². The molecule has 0 aromatic carbocycles. The van der Waals surface area contributed by atoms with Crippen molar-refractivity contribution in [3.8, 4) is 11.8 Å². The van der Waals surface area contributed by atoms with Crippen molar-refractivity contribution in [3.05, 3.63) is 0 Å². The highest BCUT2D eigenvalue weighted by atomic mass is 19.4. The Labute approximate surface area is 172 Å². The van der Waals surface area contributed by atoms with Gasteiger partial charge in [0.05, 0.1) is 0 Å². The number of aliphatic hydroxyl groups excluding tert-OH is 1. The summed E-state index contributed by atoms with van der Waals surface area (Å²) >= 11 is 0. The van der Waals surface area contributed by atoms with E-state index in [9.17, 15) is 23.4 Å². The van der Waals surface area contributed by atoms with E-state index >= 15 is 0 Å². The Morgan fingerprint density at radius 2 is 1.72 bits per heavy atom. The molecule has 0 aliphatic heterocycles. The summed E-state index contributed by atoms with van der Waals surface area (Å²) in [5, 5.41) is 20.5. The second-order valence-electron chi connectivity index (χ2n) is 10.7. The van der Waals surface area contributed by atoms with Gasteiger partial charge < -0.3 is 10.2 Å².